The minimum atomic E-state index is -0.910. The summed E-state index contributed by atoms with van der Waals surface area (Å²) in [5.74, 6) is -2.09. The van der Waals surface area contributed by atoms with Gasteiger partial charge in [0.2, 0.25) is 11.8 Å². The van der Waals surface area contributed by atoms with Crippen molar-refractivity contribution in [1.29, 1.82) is 0 Å². The Morgan fingerprint density at radius 2 is 1.80 bits per heavy atom. The molecule has 2 bridgehead atoms. The van der Waals surface area contributed by atoms with Crippen LogP contribution >= 0.6 is 39.3 Å². The van der Waals surface area contributed by atoms with E-state index in [1.165, 1.54) is 0 Å². The van der Waals surface area contributed by atoms with Gasteiger partial charge in [0.05, 0.1) is 39.9 Å². The average Bonchev–Trinajstić information content (AvgIpc) is 3.63. The molecule has 240 valence electrons. The summed E-state index contributed by atoms with van der Waals surface area (Å²) < 4.78 is -0.874. The van der Waals surface area contributed by atoms with E-state index in [4.69, 9.17) is 11.6 Å². The predicted molar refractivity (Wildman–Crippen MR) is 185 cm³/mol. The van der Waals surface area contributed by atoms with Crippen molar-refractivity contribution in [2.45, 2.75) is 60.1 Å². The summed E-state index contributed by atoms with van der Waals surface area (Å²) in [6.07, 6.45) is 4.60. The lowest BCUT2D eigenvalue weighted by Crippen LogP contribution is -2.59. The number of halogens is 2. The Bertz CT molecular complexity index is 1440. The zero-order valence-corrected chi connectivity index (χ0v) is 28.9. The third-order valence-corrected chi connectivity index (χ3v) is 13.2. The molecule has 7 nitrogen and oxygen atoms in total. The van der Waals surface area contributed by atoms with Crippen molar-refractivity contribution >= 4 is 62.7 Å². The summed E-state index contributed by atoms with van der Waals surface area (Å²) in [5, 5.41) is 10.9. The van der Waals surface area contributed by atoms with Gasteiger partial charge < -0.3 is 19.8 Å². The molecule has 0 aliphatic carbocycles. The minimum Gasteiger partial charge on any atom is -0.394 e. The van der Waals surface area contributed by atoms with E-state index >= 15 is 0 Å². The number of alkyl halides is 1. The average molecular weight is 715 g/mol. The first-order valence-electron chi connectivity index (χ1n) is 15.5. The number of carbonyl (C=O) groups excluding carboxylic acids is 3. The molecule has 2 aromatic carbocycles. The molecule has 3 fully saturated rings. The highest BCUT2D eigenvalue weighted by Crippen LogP contribution is 2.68. The number of nitrogens with zero attached hydrogens (tertiary/aromatic N) is 3. The molecule has 1 N–H and O–H groups in total. The molecule has 0 radical (unpaired) electrons. The number of para-hydroxylation sites is 1. The lowest BCUT2D eigenvalue weighted by Gasteiger charge is -2.41. The molecule has 45 heavy (non-hydrogen) atoms. The normalized spacial score (nSPS) is 28.0. The van der Waals surface area contributed by atoms with Gasteiger partial charge in [0.1, 0.15) is 6.04 Å². The quantitative estimate of drug-likeness (QED) is 0.205. The minimum absolute atomic E-state index is 0.0795. The summed E-state index contributed by atoms with van der Waals surface area (Å²) in [7, 11) is 0. The van der Waals surface area contributed by atoms with Crippen LogP contribution in [-0.2, 0) is 20.9 Å². The van der Waals surface area contributed by atoms with Gasteiger partial charge in [-0.1, -0.05) is 102 Å². The molecular weight excluding hydrogens is 674 g/mol. The van der Waals surface area contributed by atoms with E-state index in [0.717, 1.165) is 5.56 Å². The lowest BCUT2D eigenvalue weighted by molar-refractivity contribution is -0.146. The van der Waals surface area contributed by atoms with E-state index in [1.54, 1.807) is 56.8 Å². The number of carbonyl (C=O) groups is 3. The molecule has 2 aromatic rings. The maximum absolute atomic E-state index is 15.0. The van der Waals surface area contributed by atoms with Gasteiger partial charge in [-0.05, 0) is 30.0 Å². The van der Waals surface area contributed by atoms with E-state index in [9.17, 15) is 19.5 Å². The number of amides is 3. The van der Waals surface area contributed by atoms with Crippen LogP contribution in [0, 0.1) is 17.8 Å². The standard InChI is InChI=1S/C35H41BrClN3O4S/c1-5-17-38(20-23-13-9-8-10-14-23)32(42)28-29-33(43)40(27(21-41)22(4)7-3)31(35(29)19-24(36)30(28)45-35)34(44)39(18-6-2)26-16-12-11-15-25(26)37/h5-6,8-16,22,24,27-31,41H,1-2,7,17-21H2,3-4H3/t22-,24?,27-,28+,29-,30+,31?,35?/m0/s1. The largest absolute Gasteiger partial charge is 0.394 e. The van der Waals surface area contributed by atoms with Crippen molar-refractivity contribution in [3.05, 3.63) is 90.5 Å². The van der Waals surface area contributed by atoms with Gasteiger partial charge >= 0.3 is 0 Å². The Kier molecular flexibility index (Phi) is 10.5. The third kappa shape index (κ3) is 5.90. The lowest BCUT2D eigenvalue weighted by atomic mass is 9.70. The van der Waals surface area contributed by atoms with Crippen LogP contribution in [-0.4, -0.2) is 79.2 Å². The maximum Gasteiger partial charge on any atom is 0.251 e. The first kappa shape index (κ1) is 33.8. The molecule has 3 unspecified atom stereocenters. The smallest absolute Gasteiger partial charge is 0.251 e. The fraction of sp³-hybridized carbons (Fsp3) is 0.457. The first-order chi connectivity index (χ1) is 21.6. The van der Waals surface area contributed by atoms with Gasteiger partial charge in [0, 0.05) is 29.7 Å². The van der Waals surface area contributed by atoms with Crippen molar-refractivity contribution in [2.24, 2.45) is 17.8 Å². The molecule has 3 saturated heterocycles. The van der Waals surface area contributed by atoms with Crippen molar-refractivity contribution in [1.82, 2.24) is 9.80 Å². The SMILES string of the molecule is C=CCN(Cc1ccccc1)C(=O)[C@H]1[C@@H]2SC3(CC2Br)C(C(=O)N(CC=C)c2ccccc2Cl)N([C@@H](CO)[C@@H](C)CC)C(=O)[C@H]13. The number of benzene rings is 2. The van der Waals surface area contributed by atoms with Gasteiger partial charge in [0.15, 0.2) is 0 Å². The number of rotatable bonds is 13. The number of thioether (sulfide) groups is 1. The third-order valence-electron chi connectivity index (χ3n) is 9.69. The monoisotopic (exact) mass is 713 g/mol. The molecule has 3 aliphatic rings. The highest BCUT2D eigenvalue weighted by Gasteiger charge is 2.76. The van der Waals surface area contributed by atoms with E-state index in [-0.39, 0.29) is 46.9 Å². The topological polar surface area (TPSA) is 81.2 Å². The van der Waals surface area contributed by atoms with Crippen LogP contribution in [0.2, 0.25) is 5.02 Å². The number of hydrogen-bond donors (Lipinski definition) is 1. The molecule has 5 rings (SSSR count). The van der Waals surface area contributed by atoms with Crippen molar-refractivity contribution in [3.63, 3.8) is 0 Å². The summed E-state index contributed by atoms with van der Waals surface area (Å²) in [4.78, 5) is 49.3. The van der Waals surface area contributed by atoms with Crippen LogP contribution in [0.1, 0.15) is 32.3 Å². The molecule has 8 atom stereocenters. The van der Waals surface area contributed by atoms with E-state index in [0.29, 0.717) is 36.6 Å². The van der Waals surface area contributed by atoms with Crippen molar-refractivity contribution in [3.8, 4) is 0 Å². The fourth-order valence-corrected chi connectivity index (χ4v) is 11.3. The second kappa shape index (κ2) is 14.0. The van der Waals surface area contributed by atoms with Crippen LogP contribution in [0.25, 0.3) is 0 Å². The van der Waals surface area contributed by atoms with E-state index in [1.807, 2.05) is 50.2 Å². The van der Waals surface area contributed by atoms with Crippen LogP contribution in [0.4, 0.5) is 5.69 Å². The number of fused-ring (bicyclic) bond motifs is 1. The molecule has 0 saturated carbocycles. The molecule has 3 amide bonds. The number of hydrogen-bond acceptors (Lipinski definition) is 5. The second-order valence-corrected chi connectivity index (χ2v) is 15.3. The van der Waals surface area contributed by atoms with E-state index in [2.05, 4.69) is 29.1 Å². The molecule has 0 aromatic heterocycles. The van der Waals surface area contributed by atoms with Crippen LogP contribution in [0.5, 0.6) is 0 Å². The van der Waals surface area contributed by atoms with Gasteiger partial charge in [-0.3, -0.25) is 14.4 Å². The Balaban J connectivity index is 1.62. The molecule has 3 aliphatic heterocycles. The van der Waals surface area contributed by atoms with Gasteiger partial charge in [-0.25, -0.2) is 0 Å². The Morgan fingerprint density at radius 1 is 1.13 bits per heavy atom. The first-order valence-corrected chi connectivity index (χ1v) is 17.7. The Labute approximate surface area is 283 Å². The highest BCUT2D eigenvalue weighted by molar-refractivity contribution is 9.09. The summed E-state index contributed by atoms with van der Waals surface area (Å²) in [6, 6.07) is 15.4. The molecule has 1 spiro atoms. The maximum atomic E-state index is 15.0. The predicted octanol–water partition coefficient (Wildman–Crippen LogP) is 5.95. The van der Waals surface area contributed by atoms with Gasteiger partial charge in [-0.2, -0.15) is 0 Å². The van der Waals surface area contributed by atoms with Gasteiger partial charge in [-0.15, -0.1) is 24.9 Å². The number of anilines is 1. The number of likely N-dealkylation sites (tertiary alicyclic amines) is 1. The van der Waals surface area contributed by atoms with Crippen molar-refractivity contribution in [2.75, 3.05) is 24.6 Å². The molecule has 3 heterocycles. The number of aliphatic hydroxyl groups excluding tert-OH is 1. The fourth-order valence-electron chi connectivity index (χ4n) is 7.46. The van der Waals surface area contributed by atoms with Crippen LogP contribution < -0.4 is 4.90 Å². The summed E-state index contributed by atoms with van der Waals surface area (Å²) >= 11 is 12.1. The molecular formula is C35H41BrClN3O4S. The zero-order chi connectivity index (χ0) is 32.5. The number of aliphatic hydroxyl groups is 1. The Morgan fingerprint density at radius 3 is 2.42 bits per heavy atom. The summed E-state index contributed by atoms with van der Waals surface area (Å²) in [5.41, 5.74) is 1.51. The Hall–Kier alpha value is -2.59. The van der Waals surface area contributed by atoms with Crippen LogP contribution in [0.3, 0.4) is 0 Å². The summed E-state index contributed by atoms with van der Waals surface area (Å²) in [6.45, 7) is 12.4. The zero-order valence-electron chi connectivity index (χ0n) is 25.7. The van der Waals surface area contributed by atoms with Crippen LogP contribution in [0.15, 0.2) is 79.9 Å². The highest BCUT2D eigenvalue weighted by atomic mass is 79.9. The van der Waals surface area contributed by atoms with Crippen molar-refractivity contribution < 1.29 is 19.5 Å². The van der Waals surface area contributed by atoms with E-state index < -0.39 is 28.7 Å². The van der Waals surface area contributed by atoms with Gasteiger partial charge in [0.25, 0.3) is 5.91 Å². The second-order valence-electron chi connectivity index (χ2n) is 12.2. The molecule has 10 heteroatoms.